The lowest BCUT2D eigenvalue weighted by atomic mass is 10.4. The fourth-order valence-electron chi connectivity index (χ4n) is 0.285. The Morgan fingerprint density at radius 3 is 1.64 bits per heavy atom. The lowest BCUT2D eigenvalue weighted by Gasteiger charge is -2.01. The van der Waals surface area contributed by atoms with Crippen molar-refractivity contribution in [2.45, 2.75) is 26.1 Å². The van der Waals surface area contributed by atoms with Crippen LogP contribution in [0.2, 0.25) is 0 Å². The van der Waals surface area contributed by atoms with Crippen LogP contribution in [0.1, 0.15) is 13.8 Å². The van der Waals surface area contributed by atoms with Gasteiger partial charge in [-0.05, 0) is 13.8 Å². The molecule has 0 unspecified atom stereocenters. The molecule has 0 saturated carbocycles. The predicted molar refractivity (Wildman–Crippen MR) is 41.5 cm³/mol. The average molecular weight is 216 g/mol. The van der Waals surface area contributed by atoms with Gasteiger partial charge in [-0.15, -0.1) is 0 Å². The number of hydrogen-bond acceptors (Lipinski definition) is 2. The molecule has 0 spiro atoms. The van der Waals surface area contributed by atoms with Gasteiger partial charge in [0.15, 0.2) is 0 Å². The highest BCUT2D eigenvalue weighted by Crippen LogP contribution is 2.13. The van der Waals surface area contributed by atoms with Crippen molar-refractivity contribution >= 4 is 12.0 Å². The maximum absolute atomic E-state index is 10.6. The number of halogens is 3. The summed E-state index contributed by atoms with van der Waals surface area (Å²) in [5.41, 5.74) is 4.74. The summed E-state index contributed by atoms with van der Waals surface area (Å²) in [6, 6.07) is -0.312. The van der Waals surface area contributed by atoms with Gasteiger partial charge in [0, 0.05) is 6.04 Å². The second-order valence-corrected chi connectivity index (χ2v) is 2.47. The number of carbonyl (C=O) groups excluding carboxylic acids is 1. The van der Waals surface area contributed by atoms with E-state index in [4.69, 9.17) is 15.6 Å². The summed E-state index contributed by atoms with van der Waals surface area (Å²) < 4.78 is 31.7. The largest absolute Gasteiger partial charge is 0.490 e. The third kappa shape index (κ3) is 13.1. The summed E-state index contributed by atoms with van der Waals surface area (Å²) in [5.74, 6) is -2.76. The van der Waals surface area contributed by atoms with E-state index in [0.29, 0.717) is 0 Å². The summed E-state index contributed by atoms with van der Waals surface area (Å²) in [7, 11) is 0. The molecule has 4 N–H and O–H groups in total. The Bertz CT molecular complexity index is 203. The second kappa shape index (κ2) is 6.06. The van der Waals surface area contributed by atoms with Gasteiger partial charge < -0.3 is 16.2 Å². The average Bonchev–Trinajstić information content (AvgIpc) is 1.81. The minimum Gasteiger partial charge on any atom is -0.475 e. The molecule has 0 aromatic heterocycles. The highest BCUT2D eigenvalue weighted by molar-refractivity contribution is 5.73. The van der Waals surface area contributed by atoms with Gasteiger partial charge in [0.1, 0.15) is 0 Å². The normalized spacial score (nSPS) is 10.1. The number of primary amides is 1. The Labute approximate surface area is 78.1 Å². The molecule has 0 atom stereocenters. The van der Waals surface area contributed by atoms with Crippen molar-refractivity contribution in [2.24, 2.45) is 5.73 Å². The van der Waals surface area contributed by atoms with Crippen LogP contribution >= 0.6 is 0 Å². The topological polar surface area (TPSA) is 92.4 Å². The van der Waals surface area contributed by atoms with E-state index in [2.05, 4.69) is 5.32 Å². The summed E-state index contributed by atoms with van der Waals surface area (Å²) >= 11 is 0. The van der Waals surface area contributed by atoms with Crippen LogP contribution in [-0.2, 0) is 4.79 Å². The molecule has 0 bridgehead atoms. The third-order valence-electron chi connectivity index (χ3n) is 0.673. The van der Waals surface area contributed by atoms with E-state index >= 15 is 0 Å². The standard InChI is InChI=1S/C4H10N2O.C2HF3O2/c1-3(2)6-4(5)7;3-2(4,5)1(6)7/h3H,1-2H3,(H3,5,6,7);(H,6,7). The Morgan fingerprint density at radius 1 is 1.36 bits per heavy atom. The SMILES string of the molecule is CC(C)NC(N)=O.O=C(O)C(F)(F)F. The van der Waals surface area contributed by atoms with Crippen molar-refractivity contribution in [2.75, 3.05) is 0 Å². The fraction of sp³-hybridized carbons (Fsp3) is 0.667. The van der Waals surface area contributed by atoms with Crippen molar-refractivity contribution in [3.8, 4) is 0 Å². The van der Waals surface area contributed by atoms with Gasteiger partial charge in [0.25, 0.3) is 0 Å². The molecular formula is C6H11F3N2O3. The lowest BCUT2D eigenvalue weighted by Crippen LogP contribution is -2.34. The Morgan fingerprint density at radius 2 is 1.64 bits per heavy atom. The highest BCUT2D eigenvalue weighted by Gasteiger charge is 2.38. The molecule has 0 aromatic rings. The van der Waals surface area contributed by atoms with Crippen LogP contribution in [0.15, 0.2) is 0 Å². The van der Waals surface area contributed by atoms with Crippen molar-refractivity contribution in [3.63, 3.8) is 0 Å². The number of hydrogen-bond donors (Lipinski definition) is 3. The molecule has 0 radical (unpaired) electrons. The number of nitrogens with two attached hydrogens (primary N) is 1. The van der Waals surface area contributed by atoms with E-state index < -0.39 is 18.2 Å². The summed E-state index contributed by atoms with van der Waals surface area (Å²) in [6.45, 7) is 3.70. The van der Waals surface area contributed by atoms with Crippen molar-refractivity contribution in [3.05, 3.63) is 0 Å². The number of rotatable bonds is 1. The fourth-order valence-corrected chi connectivity index (χ4v) is 0.285. The molecule has 0 aliphatic carbocycles. The number of carboxylic acid groups (broad SMARTS) is 1. The molecule has 2 amide bonds. The van der Waals surface area contributed by atoms with Crippen LogP contribution < -0.4 is 11.1 Å². The van der Waals surface area contributed by atoms with Crippen LogP contribution in [0.5, 0.6) is 0 Å². The summed E-state index contributed by atoms with van der Waals surface area (Å²) in [4.78, 5) is 18.8. The molecule has 0 aliphatic rings. The number of aliphatic carboxylic acids is 1. The zero-order chi connectivity index (χ0) is 11.9. The Kier molecular flexibility index (Phi) is 6.50. The van der Waals surface area contributed by atoms with Crippen LogP contribution in [0.25, 0.3) is 0 Å². The predicted octanol–water partition coefficient (Wildman–Crippen LogP) is 0.696. The number of urea groups is 1. The van der Waals surface area contributed by atoms with Crippen molar-refractivity contribution in [1.29, 1.82) is 0 Å². The van der Waals surface area contributed by atoms with Crippen LogP contribution in [0.3, 0.4) is 0 Å². The number of carbonyl (C=O) groups is 2. The minimum atomic E-state index is -5.08. The molecule has 0 aliphatic heterocycles. The van der Waals surface area contributed by atoms with Crippen molar-refractivity contribution < 1.29 is 27.9 Å². The number of amides is 2. The van der Waals surface area contributed by atoms with E-state index in [1.165, 1.54) is 0 Å². The number of carboxylic acids is 1. The molecular weight excluding hydrogens is 205 g/mol. The van der Waals surface area contributed by atoms with Gasteiger partial charge in [-0.25, -0.2) is 9.59 Å². The first-order valence-corrected chi connectivity index (χ1v) is 3.43. The molecule has 0 aromatic carbocycles. The number of nitrogens with one attached hydrogen (secondary N) is 1. The summed E-state index contributed by atoms with van der Waals surface area (Å²) in [6.07, 6.45) is -5.08. The van der Waals surface area contributed by atoms with Crippen molar-refractivity contribution in [1.82, 2.24) is 5.32 Å². The second-order valence-electron chi connectivity index (χ2n) is 2.47. The zero-order valence-electron chi connectivity index (χ0n) is 7.55. The van der Waals surface area contributed by atoms with Gasteiger partial charge in [-0.1, -0.05) is 0 Å². The smallest absolute Gasteiger partial charge is 0.475 e. The molecule has 0 saturated heterocycles. The first-order valence-electron chi connectivity index (χ1n) is 3.43. The Hall–Kier alpha value is -1.47. The maximum Gasteiger partial charge on any atom is 0.490 e. The molecule has 14 heavy (non-hydrogen) atoms. The molecule has 0 rings (SSSR count). The van der Waals surface area contributed by atoms with E-state index in [0.717, 1.165) is 0 Å². The molecule has 84 valence electrons. The van der Waals surface area contributed by atoms with E-state index in [9.17, 15) is 18.0 Å². The summed E-state index contributed by atoms with van der Waals surface area (Å²) in [5, 5.41) is 9.57. The highest BCUT2D eigenvalue weighted by atomic mass is 19.4. The quantitative estimate of drug-likeness (QED) is 0.602. The third-order valence-corrected chi connectivity index (χ3v) is 0.673. The molecule has 8 heteroatoms. The monoisotopic (exact) mass is 216 g/mol. The molecule has 0 heterocycles. The van der Waals surface area contributed by atoms with E-state index in [-0.39, 0.29) is 6.04 Å². The van der Waals surface area contributed by atoms with Crippen LogP contribution in [0, 0.1) is 0 Å². The number of alkyl halides is 3. The molecule has 0 fully saturated rings. The van der Waals surface area contributed by atoms with E-state index in [1.807, 2.05) is 13.8 Å². The van der Waals surface area contributed by atoms with Gasteiger partial charge in [-0.2, -0.15) is 13.2 Å². The van der Waals surface area contributed by atoms with Crippen LogP contribution in [-0.4, -0.2) is 29.3 Å². The maximum atomic E-state index is 10.6. The van der Waals surface area contributed by atoms with Crippen LogP contribution in [0.4, 0.5) is 18.0 Å². The molecule has 5 nitrogen and oxygen atoms in total. The first-order chi connectivity index (χ1) is 6.07. The van der Waals surface area contributed by atoms with Gasteiger partial charge in [-0.3, -0.25) is 0 Å². The Balaban J connectivity index is 0. The van der Waals surface area contributed by atoms with Gasteiger partial charge >= 0.3 is 18.2 Å². The van der Waals surface area contributed by atoms with Gasteiger partial charge in [0.05, 0.1) is 0 Å². The van der Waals surface area contributed by atoms with E-state index in [1.54, 1.807) is 0 Å². The zero-order valence-corrected chi connectivity index (χ0v) is 7.55. The minimum absolute atomic E-state index is 0.150. The van der Waals surface area contributed by atoms with Gasteiger partial charge in [0.2, 0.25) is 0 Å². The lowest BCUT2D eigenvalue weighted by molar-refractivity contribution is -0.192. The first kappa shape index (κ1) is 15.0.